The predicted molar refractivity (Wildman–Crippen MR) is 45.8 cm³/mol. The quantitative estimate of drug-likeness (QED) is 0.254. The molecule has 11 heavy (non-hydrogen) atoms. The molecule has 1 rings (SSSR count). The largest absolute Gasteiger partial charge is 0.368 e. The average Bonchev–Trinajstić information content (AvgIpc) is 2.82. The van der Waals surface area contributed by atoms with Crippen molar-refractivity contribution in [3.8, 4) is 0 Å². The van der Waals surface area contributed by atoms with E-state index in [-0.39, 0.29) is 0 Å². The summed E-state index contributed by atoms with van der Waals surface area (Å²) in [7, 11) is 1.93. The third kappa shape index (κ3) is 1.76. The Labute approximate surface area is 67.2 Å². The Kier molecular flexibility index (Phi) is 2.22. The van der Waals surface area contributed by atoms with Gasteiger partial charge in [0.2, 0.25) is 5.96 Å². The molecule has 0 radical (unpaired) electrons. The van der Waals surface area contributed by atoms with Gasteiger partial charge in [-0.2, -0.15) is 0 Å². The van der Waals surface area contributed by atoms with Crippen molar-refractivity contribution in [1.82, 2.24) is 4.90 Å². The van der Waals surface area contributed by atoms with Crippen LogP contribution < -0.4 is 11.6 Å². The molecule has 0 bridgehead atoms. The van der Waals surface area contributed by atoms with Gasteiger partial charge in [0, 0.05) is 13.1 Å². The molecule has 1 atom stereocenters. The highest BCUT2D eigenvalue weighted by Crippen LogP contribution is 2.34. The van der Waals surface area contributed by atoms with Crippen molar-refractivity contribution in [3.63, 3.8) is 0 Å². The normalized spacial score (nSPS) is 21.5. The Balaban J connectivity index is 2.44. The van der Waals surface area contributed by atoms with Gasteiger partial charge in [-0.25, -0.2) is 0 Å². The van der Waals surface area contributed by atoms with Gasteiger partial charge in [-0.3, -0.25) is 0 Å². The highest BCUT2D eigenvalue weighted by molar-refractivity contribution is 5.77. The van der Waals surface area contributed by atoms with E-state index >= 15 is 0 Å². The number of guanidine groups is 1. The van der Waals surface area contributed by atoms with E-state index in [1.165, 1.54) is 12.8 Å². The fourth-order valence-electron chi connectivity index (χ4n) is 1.19. The van der Waals surface area contributed by atoms with Crippen LogP contribution in [0, 0.1) is 5.92 Å². The van der Waals surface area contributed by atoms with Crippen molar-refractivity contribution in [1.29, 1.82) is 0 Å². The van der Waals surface area contributed by atoms with E-state index in [1.54, 1.807) is 0 Å². The first-order valence-electron chi connectivity index (χ1n) is 3.93. The van der Waals surface area contributed by atoms with Crippen molar-refractivity contribution < 1.29 is 0 Å². The lowest BCUT2D eigenvalue weighted by molar-refractivity contribution is 0.349. The maximum atomic E-state index is 5.53. The summed E-state index contributed by atoms with van der Waals surface area (Å²) in [6.07, 6.45) is 2.62. The Morgan fingerprint density at radius 3 is 2.55 bits per heavy atom. The van der Waals surface area contributed by atoms with Crippen molar-refractivity contribution in [3.05, 3.63) is 0 Å². The Hall–Kier alpha value is -0.930. The Morgan fingerprint density at radius 2 is 2.18 bits per heavy atom. The molecule has 4 N–H and O–H groups in total. The van der Waals surface area contributed by atoms with Crippen molar-refractivity contribution in [2.75, 3.05) is 7.05 Å². The third-order valence-electron chi connectivity index (χ3n) is 2.41. The van der Waals surface area contributed by atoms with Gasteiger partial charge < -0.3 is 16.5 Å². The van der Waals surface area contributed by atoms with Gasteiger partial charge in [0.1, 0.15) is 0 Å². The number of rotatable bonds is 2. The molecule has 1 aliphatic carbocycles. The second-order valence-electron chi connectivity index (χ2n) is 3.18. The van der Waals surface area contributed by atoms with Crippen LogP contribution in [0.3, 0.4) is 0 Å². The second-order valence-corrected chi connectivity index (χ2v) is 3.18. The van der Waals surface area contributed by atoms with Crippen LogP contribution in [0.2, 0.25) is 0 Å². The SMILES string of the molecule is CC(C1CC1)N(C)C(N)=NN. The zero-order valence-corrected chi connectivity index (χ0v) is 7.12. The molecule has 0 saturated heterocycles. The topological polar surface area (TPSA) is 67.6 Å². The van der Waals surface area contributed by atoms with Crippen LogP contribution in [0.25, 0.3) is 0 Å². The lowest BCUT2D eigenvalue weighted by Gasteiger charge is -2.24. The van der Waals surface area contributed by atoms with Gasteiger partial charge in [-0.15, -0.1) is 5.10 Å². The maximum Gasteiger partial charge on any atom is 0.213 e. The van der Waals surface area contributed by atoms with E-state index in [0.29, 0.717) is 12.0 Å². The van der Waals surface area contributed by atoms with Gasteiger partial charge >= 0.3 is 0 Å². The molecule has 0 aromatic carbocycles. The summed E-state index contributed by atoms with van der Waals surface area (Å²) in [5.41, 5.74) is 5.53. The zero-order chi connectivity index (χ0) is 8.43. The molecule has 0 heterocycles. The van der Waals surface area contributed by atoms with Crippen LogP contribution in [-0.2, 0) is 0 Å². The molecule has 4 heteroatoms. The second kappa shape index (κ2) is 2.98. The number of nitrogens with two attached hydrogens (primary N) is 2. The van der Waals surface area contributed by atoms with Gasteiger partial charge in [0.25, 0.3) is 0 Å². The summed E-state index contributed by atoms with van der Waals surface area (Å²) in [6, 6.07) is 0.474. The summed E-state index contributed by atoms with van der Waals surface area (Å²) in [5.74, 6) is 6.27. The Bertz CT molecular complexity index is 162. The van der Waals surface area contributed by atoms with Gasteiger partial charge in [0.05, 0.1) is 0 Å². The van der Waals surface area contributed by atoms with E-state index in [4.69, 9.17) is 11.6 Å². The number of hydrogen-bond acceptors (Lipinski definition) is 2. The van der Waals surface area contributed by atoms with Crippen molar-refractivity contribution >= 4 is 5.96 Å². The van der Waals surface area contributed by atoms with Crippen LogP contribution in [0.4, 0.5) is 0 Å². The molecule has 1 saturated carbocycles. The summed E-state index contributed by atoms with van der Waals surface area (Å²) >= 11 is 0. The summed E-state index contributed by atoms with van der Waals surface area (Å²) in [6.45, 7) is 2.15. The minimum atomic E-state index is 0.421. The fraction of sp³-hybridized carbons (Fsp3) is 0.857. The highest BCUT2D eigenvalue weighted by atomic mass is 15.3. The lowest BCUT2D eigenvalue weighted by atomic mass is 10.2. The number of hydrogen-bond donors (Lipinski definition) is 2. The van der Waals surface area contributed by atoms with E-state index in [0.717, 1.165) is 5.92 Å². The standard InChI is InChI=1S/C7H16N4/c1-5(6-3-4-6)11(2)7(8)10-9/h5-6H,3-4,9H2,1-2H3,(H2,8,10). The first-order chi connectivity index (χ1) is 5.16. The molecular formula is C7H16N4. The minimum Gasteiger partial charge on any atom is -0.368 e. The van der Waals surface area contributed by atoms with E-state index < -0.39 is 0 Å². The van der Waals surface area contributed by atoms with Gasteiger partial charge in [0.15, 0.2) is 0 Å². The molecule has 4 nitrogen and oxygen atoms in total. The summed E-state index contributed by atoms with van der Waals surface area (Å²) in [4.78, 5) is 1.93. The molecule has 0 aromatic heterocycles. The third-order valence-corrected chi connectivity index (χ3v) is 2.41. The zero-order valence-electron chi connectivity index (χ0n) is 7.12. The molecule has 1 unspecified atom stereocenters. The van der Waals surface area contributed by atoms with Crippen LogP contribution in [-0.4, -0.2) is 23.9 Å². The molecule has 1 aliphatic rings. The van der Waals surface area contributed by atoms with E-state index in [9.17, 15) is 0 Å². The highest BCUT2D eigenvalue weighted by Gasteiger charge is 2.31. The average molecular weight is 156 g/mol. The van der Waals surface area contributed by atoms with Crippen molar-refractivity contribution in [2.45, 2.75) is 25.8 Å². The van der Waals surface area contributed by atoms with Gasteiger partial charge in [-0.1, -0.05) is 0 Å². The maximum absolute atomic E-state index is 5.53. The van der Waals surface area contributed by atoms with Crippen LogP contribution in [0.15, 0.2) is 5.10 Å². The molecule has 1 fully saturated rings. The number of nitrogens with zero attached hydrogens (tertiary/aromatic N) is 2. The molecular weight excluding hydrogens is 140 g/mol. The van der Waals surface area contributed by atoms with E-state index in [2.05, 4.69) is 12.0 Å². The molecule has 0 aliphatic heterocycles. The molecule has 64 valence electrons. The van der Waals surface area contributed by atoms with Crippen LogP contribution in [0.5, 0.6) is 0 Å². The van der Waals surface area contributed by atoms with Crippen molar-refractivity contribution in [2.24, 2.45) is 22.6 Å². The molecule has 0 aromatic rings. The molecule has 0 amide bonds. The van der Waals surface area contributed by atoms with Gasteiger partial charge in [-0.05, 0) is 25.7 Å². The Morgan fingerprint density at radius 1 is 1.64 bits per heavy atom. The predicted octanol–water partition coefficient (Wildman–Crippen LogP) is -0.0949. The van der Waals surface area contributed by atoms with Crippen LogP contribution >= 0.6 is 0 Å². The van der Waals surface area contributed by atoms with Crippen LogP contribution in [0.1, 0.15) is 19.8 Å². The minimum absolute atomic E-state index is 0.421. The summed E-state index contributed by atoms with van der Waals surface area (Å²) < 4.78 is 0. The fourth-order valence-corrected chi connectivity index (χ4v) is 1.19. The first-order valence-corrected chi connectivity index (χ1v) is 3.93. The first kappa shape index (κ1) is 8.17. The molecule has 0 spiro atoms. The number of hydrazone groups is 1. The summed E-state index contributed by atoms with van der Waals surface area (Å²) in [5, 5.41) is 3.44. The smallest absolute Gasteiger partial charge is 0.213 e. The van der Waals surface area contributed by atoms with E-state index in [1.807, 2.05) is 11.9 Å². The monoisotopic (exact) mass is 156 g/mol. The lowest BCUT2D eigenvalue weighted by Crippen LogP contribution is -2.41.